The Labute approximate surface area is 83.5 Å². The van der Waals surface area contributed by atoms with Crippen LogP contribution in [0.5, 0.6) is 0 Å². The zero-order valence-electron chi connectivity index (χ0n) is 8.87. The summed E-state index contributed by atoms with van der Waals surface area (Å²) >= 11 is 0. The van der Waals surface area contributed by atoms with E-state index >= 15 is 0 Å². The number of carbonyl (C=O) groups is 1. The lowest BCUT2D eigenvalue weighted by atomic mass is 10.1. The Morgan fingerprint density at radius 3 is 2.57 bits per heavy atom. The van der Waals surface area contributed by atoms with Crippen molar-refractivity contribution in [3.05, 3.63) is 17.0 Å². The molecule has 0 spiro atoms. The van der Waals surface area contributed by atoms with Gasteiger partial charge in [-0.15, -0.1) is 0 Å². The van der Waals surface area contributed by atoms with Crippen LogP contribution in [0.25, 0.3) is 0 Å². The van der Waals surface area contributed by atoms with E-state index in [1.165, 1.54) is 4.68 Å². The van der Waals surface area contributed by atoms with Crippen LogP contribution in [0.15, 0.2) is 0 Å². The van der Waals surface area contributed by atoms with Gasteiger partial charge in [-0.2, -0.15) is 5.10 Å². The summed E-state index contributed by atoms with van der Waals surface area (Å²) in [5.74, 6) is -0.890. The monoisotopic (exact) mass is 196 g/mol. The maximum atomic E-state index is 11.0. The Hall–Kier alpha value is -1.32. The smallest absolute Gasteiger partial charge is 0.354 e. The Morgan fingerprint density at radius 1 is 1.50 bits per heavy atom. The average Bonchev–Trinajstić information content (AvgIpc) is 2.42. The van der Waals surface area contributed by atoms with Crippen molar-refractivity contribution in [3.8, 4) is 0 Å². The average molecular weight is 196 g/mol. The predicted molar refractivity (Wildman–Crippen MR) is 53.5 cm³/mol. The highest BCUT2D eigenvalue weighted by atomic mass is 16.4. The van der Waals surface area contributed by atoms with Crippen molar-refractivity contribution in [2.75, 3.05) is 0 Å². The zero-order valence-corrected chi connectivity index (χ0v) is 8.87. The third-order valence-corrected chi connectivity index (χ3v) is 2.27. The Bertz CT molecular complexity index is 342. The first kappa shape index (κ1) is 10.8. The number of hydrogen-bond donors (Lipinski definition) is 1. The summed E-state index contributed by atoms with van der Waals surface area (Å²) in [6.45, 7) is 4.02. The van der Waals surface area contributed by atoms with Crippen molar-refractivity contribution in [2.45, 2.75) is 33.1 Å². The molecule has 0 saturated heterocycles. The van der Waals surface area contributed by atoms with Gasteiger partial charge in [0.2, 0.25) is 0 Å². The molecule has 1 rings (SSSR count). The third-order valence-electron chi connectivity index (χ3n) is 2.27. The molecule has 0 unspecified atom stereocenters. The number of carboxylic acid groups (broad SMARTS) is 1. The van der Waals surface area contributed by atoms with E-state index in [-0.39, 0.29) is 0 Å². The summed E-state index contributed by atoms with van der Waals surface area (Å²) in [6, 6.07) is 0. The molecule has 4 heteroatoms. The first-order valence-electron chi connectivity index (χ1n) is 4.89. The fraction of sp³-hybridized carbons (Fsp3) is 0.600. The molecular formula is C10H16N2O2. The fourth-order valence-corrected chi connectivity index (χ4v) is 1.70. The van der Waals surface area contributed by atoms with Gasteiger partial charge in [0.25, 0.3) is 0 Å². The SMILES string of the molecule is CCCc1nn(C)c(C(=O)O)c1CC. The van der Waals surface area contributed by atoms with Crippen LogP contribution in [0.2, 0.25) is 0 Å². The molecule has 0 bridgehead atoms. The first-order valence-corrected chi connectivity index (χ1v) is 4.89. The standard InChI is InChI=1S/C10H16N2O2/c1-4-6-8-7(5-2)9(10(13)14)12(3)11-8/h4-6H2,1-3H3,(H,13,14). The molecule has 0 fully saturated rings. The van der Waals surface area contributed by atoms with Gasteiger partial charge in [-0.05, 0) is 12.8 Å². The minimum atomic E-state index is -0.890. The van der Waals surface area contributed by atoms with Crippen LogP contribution in [-0.2, 0) is 19.9 Å². The second-order valence-corrected chi connectivity index (χ2v) is 3.31. The van der Waals surface area contributed by atoms with E-state index in [0.717, 1.165) is 30.5 Å². The van der Waals surface area contributed by atoms with E-state index in [9.17, 15) is 4.79 Å². The number of carboxylic acids is 1. The molecule has 1 N–H and O–H groups in total. The molecule has 4 nitrogen and oxygen atoms in total. The van der Waals surface area contributed by atoms with Crippen molar-refractivity contribution in [1.82, 2.24) is 9.78 Å². The fourth-order valence-electron chi connectivity index (χ4n) is 1.70. The van der Waals surface area contributed by atoms with Crippen molar-refractivity contribution >= 4 is 5.97 Å². The second-order valence-electron chi connectivity index (χ2n) is 3.31. The minimum absolute atomic E-state index is 0.330. The highest BCUT2D eigenvalue weighted by Crippen LogP contribution is 2.16. The van der Waals surface area contributed by atoms with Gasteiger partial charge in [0.1, 0.15) is 5.69 Å². The lowest BCUT2D eigenvalue weighted by Gasteiger charge is -1.98. The van der Waals surface area contributed by atoms with Crippen LogP contribution < -0.4 is 0 Å². The molecule has 0 aliphatic rings. The molecule has 14 heavy (non-hydrogen) atoms. The lowest BCUT2D eigenvalue weighted by molar-refractivity contribution is 0.0684. The van der Waals surface area contributed by atoms with Crippen molar-refractivity contribution < 1.29 is 9.90 Å². The Morgan fingerprint density at radius 2 is 2.14 bits per heavy atom. The molecule has 0 aliphatic heterocycles. The van der Waals surface area contributed by atoms with Gasteiger partial charge < -0.3 is 5.11 Å². The van der Waals surface area contributed by atoms with Gasteiger partial charge in [-0.3, -0.25) is 4.68 Å². The summed E-state index contributed by atoms with van der Waals surface area (Å²) in [5, 5.41) is 13.2. The molecule has 0 saturated carbocycles. The zero-order chi connectivity index (χ0) is 10.7. The van der Waals surface area contributed by atoms with E-state index < -0.39 is 5.97 Å². The van der Waals surface area contributed by atoms with E-state index in [0.29, 0.717) is 5.69 Å². The molecule has 0 atom stereocenters. The number of aromatic carboxylic acids is 1. The van der Waals surface area contributed by atoms with Crippen LogP contribution in [0, 0.1) is 0 Å². The van der Waals surface area contributed by atoms with Crippen molar-refractivity contribution in [3.63, 3.8) is 0 Å². The lowest BCUT2D eigenvalue weighted by Crippen LogP contribution is -2.07. The van der Waals surface area contributed by atoms with Gasteiger partial charge in [-0.1, -0.05) is 20.3 Å². The van der Waals surface area contributed by atoms with Gasteiger partial charge in [0.15, 0.2) is 0 Å². The number of aromatic nitrogens is 2. The molecule has 0 aromatic carbocycles. The van der Waals surface area contributed by atoms with Crippen LogP contribution in [0.1, 0.15) is 42.0 Å². The topological polar surface area (TPSA) is 55.1 Å². The van der Waals surface area contributed by atoms with Gasteiger partial charge >= 0.3 is 5.97 Å². The van der Waals surface area contributed by atoms with E-state index in [4.69, 9.17) is 5.11 Å². The second kappa shape index (κ2) is 4.26. The molecule has 1 aromatic heterocycles. The Kier molecular flexibility index (Phi) is 3.28. The summed E-state index contributed by atoms with van der Waals surface area (Å²) < 4.78 is 1.46. The molecular weight excluding hydrogens is 180 g/mol. The normalized spacial score (nSPS) is 10.5. The van der Waals surface area contributed by atoms with Crippen molar-refractivity contribution in [1.29, 1.82) is 0 Å². The number of hydrogen-bond acceptors (Lipinski definition) is 2. The maximum Gasteiger partial charge on any atom is 0.354 e. The summed E-state index contributed by atoms with van der Waals surface area (Å²) in [4.78, 5) is 11.0. The van der Waals surface area contributed by atoms with Crippen molar-refractivity contribution in [2.24, 2.45) is 7.05 Å². The third kappa shape index (κ3) is 1.78. The number of nitrogens with zero attached hydrogens (tertiary/aromatic N) is 2. The quantitative estimate of drug-likeness (QED) is 0.796. The van der Waals surface area contributed by atoms with Crippen LogP contribution >= 0.6 is 0 Å². The molecule has 1 aromatic rings. The highest BCUT2D eigenvalue weighted by molar-refractivity contribution is 5.87. The van der Waals surface area contributed by atoms with Gasteiger partial charge in [0, 0.05) is 12.6 Å². The minimum Gasteiger partial charge on any atom is -0.477 e. The van der Waals surface area contributed by atoms with Crippen LogP contribution in [0.4, 0.5) is 0 Å². The molecule has 0 aliphatic carbocycles. The van der Waals surface area contributed by atoms with Gasteiger partial charge in [-0.25, -0.2) is 4.79 Å². The van der Waals surface area contributed by atoms with E-state index in [1.54, 1.807) is 7.05 Å². The Balaban J connectivity index is 3.21. The number of aryl methyl sites for hydroxylation is 2. The van der Waals surface area contributed by atoms with Crippen LogP contribution in [-0.4, -0.2) is 20.9 Å². The molecule has 1 heterocycles. The van der Waals surface area contributed by atoms with E-state index in [2.05, 4.69) is 12.0 Å². The van der Waals surface area contributed by atoms with E-state index in [1.807, 2.05) is 6.92 Å². The largest absolute Gasteiger partial charge is 0.477 e. The van der Waals surface area contributed by atoms with Gasteiger partial charge in [0.05, 0.1) is 5.69 Å². The highest BCUT2D eigenvalue weighted by Gasteiger charge is 2.18. The summed E-state index contributed by atoms with van der Waals surface area (Å²) in [7, 11) is 1.68. The number of rotatable bonds is 4. The summed E-state index contributed by atoms with van der Waals surface area (Å²) in [6.07, 6.45) is 2.57. The summed E-state index contributed by atoms with van der Waals surface area (Å²) in [5.41, 5.74) is 2.13. The molecule has 0 radical (unpaired) electrons. The maximum absolute atomic E-state index is 11.0. The van der Waals surface area contributed by atoms with Crippen LogP contribution in [0.3, 0.4) is 0 Å². The first-order chi connectivity index (χ1) is 6.61. The molecule has 0 amide bonds. The molecule has 78 valence electrons. The predicted octanol–water partition coefficient (Wildman–Crippen LogP) is 1.63.